The van der Waals surface area contributed by atoms with Crippen molar-refractivity contribution in [1.82, 2.24) is 5.32 Å². The van der Waals surface area contributed by atoms with Crippen LogP contribution in [0, 0.1) is 11.8 Å². The number of ether oxygens (including phenoxy) is 2. The molecule has 4 atom stereocenters. The van der Waals surface area contributed by atoms with Crippen molar-refractivity contribution in [3.8, 4) is 11.5 Å². The number of aldehydes is 1. The predicted molar refractivity (Wildman–Crippen MR) is 97.2 cm³/mol. The van der Waals surface area contributed by atoms with Crippen LogP contribution in [0.2, 0.25) is 0 Å². The molecule has 0 unspecified atom stereocenters. The lowest BCUT2D eigenvalue weighted by molar-refractivity contribution is -0.128. The standard InChI is InChI=1S/C20H29NO4/c1-5-24-19-11-16(12-22)9-10-18(19)25-15(4)20(23)21-17-8-6-7-13(2)14(17)3/h9-15,17H,5-8H2,1-4H3,(H,21,23)/t13-,14-,15-,17-/m0/s1. The third-order valence-corrected chi connectivity index (χ3v) is 5.11. The number of carbonyl (C=O) groups excluding carboxylic acids is 2. The lowest BCUT2D eigenvalue weighted by atomic mass is 9.78. The van der Waals surface area contributed by atoms with Crippen LogP contribution in [-0.2, 0) is 4.79 Å². The van der Waals surface area contributed by atoms with Gasteiger partial charge in [-0.25, -0.2) is 0 Å². The summed E-state index contributed by atoms with van der Waals surface area (Å²) in [6.07, 6.45) is 3.51. The van der Waals surface area contributed by atoms with Gasteiger partial charge in [0, 0.05) is 11.6 Å². The van der Waals surface area contributed by atoms with Crippen molar-refractivity contribution in [3.05, 3.63) is 23.8 Å². The van der Waals surface area contributed by atoms with Gasteiger partial charge in [-0.15, -0.1) is 0 Å². The number of rotatable bonds is 7. The van der Waals surface area contributed by atoms with Crippen LogP contribution in [0.5, 0.6) is 11.5 Å². The van der Waals surface area contributed by atoms with E-state index >= 15 is 0 Å². The second-order valence-corrected chi connectivity index (χ2v) is 6.90. The summed E-state index contributed by atoms with van der Waals surface area (Å²) in [7, 11) is 0. The van der Waals surface area contributed by atoms with Crippen LogP contribution in [0.4, 0.5) is 0 Å². The van der Waals surface area contributed by atoms with Crippen LogP contribution in [-0.4, -0.2) is 30.9 Å². The zero-order valence-electron chi connectivity index (χ0n) is 15.6. The molecular formula is C20H29NO4. The molecule has 1 amide bonds. The van der Waals surface area contributed by atoms with Crippen LogP contribution in [0.1, 0.15) is 57.3 Å². The fourth-order valence-corrected chi connectivity index (χ4v) is 3.29. The molecule has 0 heterocycles. The first-order valence-corrected chi connectivity index (χ1v) is 9.15. The second-order valence-electron chi connectivity index (χ2n) is 6.90. The van der Waals surface area contributed by atoms with Gasteiger partial charge in [-0.3, -0.25) is 9.59 Å². The molecule has 1 fully saturated rings. The van der Waals surface area contributed by atoms with Gasteiger partial charge in [0.25, 0.3) is 5.91 Å². The predicted octanol–water partition coefficient (Wildman–Crippen LogP) is 3.61. The number of nitrogens with one attached hydrogen (secondary N) is 1. The number of benzene rings is 1. The van der Waals surface area contributed by atoms with E-state index in [1.54, 1.807) is 25.1 Å². The van der Waals surface area contributed by atoms with Gasteiger partial charge in [0.1, 0.15) is 6.29 Å². The van der Waals surface area contributed by atoms with Crippen molar-refractivity contribution >= 4 is 12.2 Å². The van der Waals surface area contributed by atoms with E-state index < -0.39 is 6.10 Å². The fraction of sp³-hybridized carbons (Fsp3) is 0.600. The summed E-state index contributed by atoms with van der Waals surface area (Å²) in [6.45, 7) is 8.49. The molecule has 138 valence electrons. The highest BCUT2D eigenvalue weighted by molar-refractivity contribution is 5.81. The number of hydrogen-bond donors (Lipinski definition) is 1. The van der Waals surface area contributed by atoms with E-state index in [4.69, 9.17) is 9.47 Å². The Hall–Kier alpha value is -2.04. The van der Waals surface area contributed by atoms with Gasteiger partial charge in [0.05, 0.1) is 6.61 Å². The number of amides is 1. The highest BCUT2D eigenvalue weighted by atomic mass is 16.5. The topological polar surface area (TPSA) is 64.6 Å². The summed E-state index contributed by atoms with van der Waals surface area (Å²) in [5.74, 6) is 1.92. The summed E-state index contributed by atoms with van der Waals surface area (Å²) in [5, 5.41) is 3.13. The van der Waals surface area contributed by atoms with Crippen LogP contribution < -0.4 is 14.8 Å². The zero-order valence-corrected chi connectivity index (χ0v) is 15.6. The molecule has 0 radical (unpaired) electrons. The Morgan fingerprint density at radius 1 is 1.32 bits per heavy atom. The molecule has 1 saturated carbocycles. The van der Waals surface area contributed by atoms with E-state index in [1.807, 2.05) is 6.92 Å². The van der Waals surface area contributed by atoms with E-state index in [9.17, 15) is 9.59 Å². The maximum atomic E-state index is 12.5. The molecule has 0 aliphatic heterocycles. The fourth-order valence-electron chi connectivity index (χ4n) is 3.29. The van der Waals surface area contributed by atoms with Gasteiger partial charge in [-0.1, -0.05) is 26.7 Å². The first-order chi connectivity index (χ1) is 12.0. The molecule has 5 nitrogen and oxygen atoms in total. The first kappa shape index (κ1) is 19.3. The van der Waals surface area contributed by atoms with Crippen molar-refractivity contribution in [2.24, 2.45) is 11.8 Å². The van der Waals surface area contributed by atoms with Gasteiger partial charge in [-0.05, 0) is 50.3 Å². The number of carbonyl (C=O) groups is 2. The van der Waals surface area contributed by atoms with Crippen molar-refractivity contribution in [1.29, 1.82) is 0 Å². The Kier molecular flexibility index (Phi) is 6.85. The monoisotopic (exact) mass is 347 g/mol. The van der Waals surface area contributed by atoms with Gasteiger partial charge in [-0.2, -0.15) is 0 Å². The molecule has 0 saturated heterocycles. The highest BCUT2D eigenvalue weighted by Gasteiger charge is 2.29. The summed E-state index contributed by atoms with van der Waals surface area (Å²) >= 11 is 0. The molecule has 0 spiro atoms. The minimum absolute atomic E-state index is 0.118. The average molecular weight is 347 g/mol. The molecule has 0 bridgehead atoms. The van der Waals surface area contributed by atoms with E-state index in [0.717, 1.165) is 19.1 Å². The molecule has 1 aromatic carbocycles. The van der Waals surface area contributed by atoms with Gasteiger partial charge >= 0.3 is 0 Å². The van der Waals surface area contributed by atoms with Crippen molar-refractivity contribution in [2.75, 3.05) is 6.61 Å². The molecule has 5 heteroatoms. The van der Waals surface area contributed by atoms with Crippen LogP contribution >= 0.6 is 0 Å². The Balaban J connectivity index is 2.02. The molecule has 0 aromatic heterocycles. The maximum Gasteiger partial charge on any atom is 0.261 e. The smallest absolute Gasteiger partial charge is 0.261 e. The van der Waals surface area contributed by atoms with Crippen LogP contribution in [0.15, 0.2) is 18.2 Å². The van der Waals surface area contributed by atoms with Gasteiger partial charge in [0.15, 0.2) is 17.6 Å². The average Bonchev–Trinajstić information content (AvgIpc) is 2.60. The molecular weight excluding hydrogens is 318 g/mol. The van der Waals surface area contributed by atoms with Crippen LogP contribution in [0.3, 0.4) is 0 Å². The third-order valence-electron chi connectivity index (χ3n) is 5.11. The Morgan fingerprint density at radius 2 is 2.08 bits per heavy atom. The molecule has 2 rings (SSSR count). The molecule has 1 aliphatic carbocycles. The zero-order chi connectivity index (χ0) is 18.4. The van der Waals surface area contributed by atoms with E-state index in [2.05, 4.69) is 19.2 Å². The normalized spacial score (nSPS) is 24.2. The summed E-state index contributed by atoms with van der Waals surface area (Å²) < 4.78 is 11.3. The quantitative estimate of drug-likeness (QED) is 0.765. The van der Waals surface area contributed by atoms with Crippen molar-refractivity contribution in [2.45, 2.75) is 59.1 Å². The first-order valence-electron chi connectivity index (χ1n) is 9.15. The minimum Gasteiger partial charge on any atom is -0.490 e. The molecule has 1 aromatic rings. The Morgan fingerprint density at radius 3 is 2.76 bits per heavy atom. The van der Waals surface area contributed by atoms with Crippen molar-refractivity contribution < 1.29 is 19.1 Å². The molecule has 1 N–H and O–H groups in total. The summed E-state index contributed by atoms with van der Waals surface area (Å²) in [4.78, 5) is 23.4. The molecule has 1 aliphatic rings. The summed E-state index contributed by atoms with van der Waals surface area (Å²) in [5.41, 5.74) is 0.512. The van der Waals surface area contributed by atoms with Gasteiger partial charge < -0.3 is 14.8 Å². The maximum absolute atomic E-state index is 12.5. The Labute approximate surface area is 150 Å². The van der Waals surface area contributed by atoms with Crippen molar-refractivity contribution in [3.63, 3.8) is 0 Å². The van der Waals surface area contributed by atoms with Crippen LogP contribution in [0.25, 0.3) is 0 Å². The second kappa shape index (κ2) is 8.88. The minimum atomic E-state index is -0.634. The highest BCUT2D eigenvalue weighted by Crippen LogP contribution is 2.31. The summed E-state index contributed by atoms with van der Waals surface area (Å²) in [6, 6.07) is 5.15. The lowest BCUT2D eigenvalue weighted by Gasteiger charge is -2.35. The largest absolute Gasteiger partial charge is 0.490 e. The molecule has 25 heavy (non-hydrogen) atoms. The SMILES string of the molecule is CCOc1cc(C=O)ccc1O[C@@H](C)C(=O)N[C@H]1CCC[C@H](C)[C@@H]1C. The number of hydrogen-bond acceptors (Lipinski definition) is 4. The van der Waals surface area contributed by atoms with E-state index in [1.165, 1.54) is 6.42 Å². The van der Waals surface area contributed by atoms with Gasteiger partial charge in [0.2, 0.25) is 0 Å². The third kappa shape index (κ3) is 4.97. The van der Waals surface area contributed by atoms with E-state index in [-0.39, 0.29) is 11.9 Å². The van der Waals surface area contributed by atoms with E-state index in [0.29, 0.717) is 35.5 Å². The lowest BCUT2D eigenvalue weighted by Crippen LogP contribution is -2.48. The Bertz CT molecular complexity index is 601.